The summed E-state index contributed by atoms with van der Waals surface area (Å²) in [4.78, 5) is 0. The molecular formula is C22H24OSi. The second kappa shape index (κ2) is 6.76. The van der Waals surface area contributed by atoms with Gasteiger partial charge >= 0.3 is 0 Å². The van der Waals surface area contributed by atoms with E-state index in [2.05, 4.69) is 104 Å². The summed E-state index contributed by atoms with van der Waals surface area (Å²) >= 11 is 0. The lowest BCUT2D eigenvalue weighted by atomic mass is 9.84. The van der Waals surface area contributed by atoms with Gasteiger partial charge in [-0.25, -0.2) is 0 Å². The second-order valence-electron chi connectivity index (χ2n) is 6.56. The molecule has 0 aliphatic heterocycles. The SMILES string of the molecule is CO[Si](C)(C)C(c1ccccc1)(c1ccccc1)c1ccccc1. The van der Waals surface area contributed by atoms with E-state index in [1.54, 1.807) is 0 Å². The lowest BCUT2D eigenvalue weighted by molar-refractivity contribution is 0.383. The third-order valence-corrected chi connectivity index (χ3v) is 8.73. The zero-order valence-electron chi connectivity index (χ0n) is 14.6. The molecule has 0 N–H and O–H groups in total. The Kier molecular flexibility index (Phi) is 4.70. The van der Waals surface area contributed by atoms with Crippen LogP contribution >= 0.6 is 0 Å². The van der Waals surface area contributed by atoms with Crippen molar-refractivity contribution in [2.24, 2.45) is 0 Å². The molecule has 0 fully saturated rings. The highest BCUT2D eigenvalue weighted by molar-refractivity contribution is 6.75. The first-order valence-electron chi connectivity index (χ1n) is 8.34. The number of benzene rings is 3. The van der Waals surface area contributed by atoms with Crippen molar-refractivity contribution in [1.29, 1.82) is 0 Å². The molecule has 3 aromatic rings. The predicted molar refractivity (Wildman–Crippen MR) is 104 cm³/mol. The average Bonchev–Trinajstić information content (AvgIpc) is 2.65. The van der Waals surface area contributed by atoms with Crippen LogP contribution in [0, 0.1) is 0 Å². The highest BCUT2D eigenvalue weighted by Gasteiger charge is 2.51. The van der Waals surface area contributed by atoms with Gasteiger partial charge in [0, 0.05) is 7.11 Å². The molecule has 0 heterocycles. The first kappa shape index (κ1) is 16.7. The van der Waals surface area contributed by atoms with E-state index < -0.39 is 8.32 Å². The molecule has 0 amide bonds. The largest absolute Gasteiger partial charge is 0.419 e. The Bertz CT molecular complexity index is 670. The van der Waals surface area contributed by atoms with Crippen LogP contribution in [-0.4, -0.2) is 15.4 Å². The molecule has 0 aliphatic carbocycles. The van der Waals surface area contributed by atoms with E-state index in [1.165, 1.54) is 16.7 Å². The Morgan fingerprint density at radius 3 is 1.12 bits per heavy atom. The van der Waals surface area contributed by atoms with Crippen molar-refractivity contribution in [2.75, 3.05) is 7.11 Å². The smallest absolute Gasteiger partial charge is 0.205 e. The lowest BCUT2D eigenvalue weighted by Crippen LogP contribution is -2.55. The molecule has 0 radical (unpaired) electrons. The van der Waals surface area contributed by atoms with Gasteiger partial charge in [0.25, 0.3) is 0 Å². The van der Waals surface area contributed by atoms with E-state index in [9.17, 15) is 0 Å². The topological polar surface area (TPSA) is 9.23 Å². The molecule has 0 atom stereocenters. The number of hydrogen-bond acceptors (Lipinski definition) is 1. The molecule has 0 saturated heterocycles. The molecule has 3 aromatic carbocycles. The van der Waals surface area contributed by atoms with Gasteiger partial charge in [0.15, 0.2) is 0 Å². The summed E-state index contributed by atoms with van der Waals surface area (Å²) in [6.07, 6.45) is 0. The normalized spacial score (nSPS) is 12.1. The van der Waals surface area contributed by atoms with Gasteiger partial charge in [0.1, 0.15) is 0 Å². The molecule has 0 bridgehead atoms. The molecule has 3 rings (SSSR count). The Morgan fingerprint density at radius 1 is 0.583 bits per heavy atom. The van der Waals surface area contributed by atoms with Crippen LogP contribution in [0.25, 0.3) is 0 Å². The monoisotopic (exact) mass is 332 g/mol. The van der Waals surface area contributed by atoms with Crippen molar-refractivity contribution in [3.8, 4) is 0 Å². The molecule has 2 heteroatoms. The fourth-order valence-corrected chi connectivity index (χ4v) is 6.65. The molecule has 0 saturated carbocycles. The van der Waals surface area contributed by atoms with Crippen molar-refractivity contribution < 1.29 is 4.43 Å². The van der Waals surface area contributed by atoms with Crippen LogP contribution in [0.1, 0.15) is 16.7 Å². The predicted octanol–water partition coefficient (Wildman–Crippen LogP) is 5.41. The maximum Gasteiger partial charge on any atom is 0.205 e. The van der Waals surface area contributed by atoms with E-state index >= 15 is 0 Å². The molecule has 0 spiro atoms. The summed E-state index contributed by atoms with van der Waals surface area (Å²) < 4.78 is 6.21. The first-order chi connectivity index (χ1) is 11.6. The van der Waals surface area contributed by atoms with Crippen LogP contribution in [0.15, 0.2) is 91.0 Å². The minimum atomic E-state index is -2.18. The fourth-order valence-electron chi connectivity index (χ4n) is 3.76. The Morgan fingerprint density at radius 2 is 0.875 bits per heavy atom. The van der Waals surface area contributed by atoms with Gasteiger partial charge in [-0.1, -0.05) is 91.0 Å². The lowest BCUT2D eigenvalue weighted by Gasteiger charge is -2.45. The van der Waals surface area contributed by atoms with Crippen LogP contribution < -0.4 is 0 Å². The maximum atomic E-state index is 6.21. The van der Waals surface area contributed by atoms with Gasteiger partial charge in [-0.3, -0.25) is 0 Å². The molecule has 0 unspecified atom stereocenters. The number of hydrogen-bond donors (Lipinski definition) is 0. The van der Waals surface area contributed by atoms with E-state index in [4.69, 9.17) is 4.43 Å². The van der Waals surface area contributed by atoms with Gasteiger partial charge in [-0.2, -0.15) is 0 Å². The molecular weight excluding hydrogens is 308 g/mol. The minimum absolute atomic E-state index is 0.258. The molecule has 24 heavy (non-hydrogen) atoms. The van der Waals surface area contributed by atoms with Crippen molar-refractivity contribution in [3.05, 3.63) is 108 Å². The van der Waals surface area contributed by atoms with Crippen LogP contribution in [0.5, 0.6) is 0 Å². The highest BCUT2D eigenvalue weighted by Crippen LogP contribution is 2.46. The third-order valence-electron chi connectivity index (χ3n) is 5.03. The summed E-state index contributed by atoms with van der Waals surface area (Å²) in [5.41, 5.74) is 3.88. The molecule has 0 aromatic heterocycles. The fraction of sp³-hybridized carbons (Fsp3) is 0.182. The summed E-state index contributed by atoms with van der Waals surface area (Å²) in [6, 6.07) is 32.3. The average molecular weight is 333 g/mol. The van der Waals surface area contributed by atoms with E-state index in [1.807, 2.05) is 7.11 Å². The van der Waals surface area contributed by atoms with Gasteiger partial charge in [-0.15, -0.1) is 0 Å². The van der Waals surface area contributed by atoms with E-state index in [0.717, 1.165) is 0 Å². The summed E-state index contributed by atoms with van der Waals surface area (Å²) in [5, 5.41) is -0.258. The quantitative estimate of drug-likeness (QED) is 0.448. The summed E-state index contributed by atoms with van der Waals surface area (Å²) in [6.45, 7) is 4.61. The minimum Gasteiger partial charge on any atom is -0.419 e. The Labute approximate surface area is 146 Å². The summed E-state index contributed by atoms with van der Waals surface area (Å²) in [7, 11) is -0.323. The van der Waals surface area contributed by atoms with Gasteiger partial charge < -0.3 is 4.43 Å². The zero-order valence-corrected chi connectivity index (χ0v) is 15.6. The zero-order chi connectivity index (χ0) is 17.0. The van der Waals surface area contributed by atoms with Crippen LogP contribution in [0.4, 0.5) is 0 Å². The molecule has 122 valence electrons. The van der Waals surface area contributed by atoms with Crippen LogP contribution in [0.2, 0.25) is 13.1 Å². The summed E-state index contributed by atoms with van der Waals surface area (Å²) in [5.74, 6) is 0. The first-order valence-corrected chi connectivity index (χ1v) is 11.3. The van der Waals surface area contributed by atoms with Crippen molar-refractivity contribution in [1.82, 2.24) is 0 Å². The van der Waals surface area contributed by atoms with Crippen LogP contribution in [0.3, 0.4) is 0 Å². The molecule has 0 aliphatic rings. The Balaban J connectivity index is 2.42. The Hall–Kier alpha value is -2.16. The van der Waals surface area contributed by atoms with Gasteiger partial charge in [0.05, 0.1) is 5.04 Å². The van der Waals surface area contributed by atoms with Crippen molar-refractivity contribution in [3.63, 3.8) is 0 Å². The van der Waals surface area contributed by atoms with E-state index in [-0.39, 0.29) is 5.04 Å². The standard InChI is InChI=1S/C22H24OSi/c1-23-24(2,3)22(19-13-7-4-8-14-19,20-15-9-5-10-16-20)21-17-11-6-12-18-21/h4-18H,1-3H3. The van der Waals surface area contributed by atoms with E-state index in [0.29, 0.717) is 0 Å². The highest BCUT2D eigenvalue weighted by atomic mass is 28.4. The maximum absolute atomic E-state index is 6.21. The number of rotatable bonds is 5. The molecule has 1 nitrogen and oxygen atoms in total. The van der Waals surface area contributed by atoms with Gasteiger partial charge in [0.2, 0.25) is 8.32 Å². The van der Waals surface area contributed by atoms with Crippen molar-refractivity contribution >= 4 is 8.32 Å². The second-order valence-corrected chi connectivity index (χ2v) is 10.7. The van der Waals surface area contributed by atoms with Gasteiger partial charge in [-0.05, 0) is 29.8 Å². The van der Waals surface area contributed by atoms with Crippen LogP contribution in [-0.2, 0) is 9.46 Å². The third kappa shape index (κ3) is 2.62. The van der Waals surface area contributed by atoms with Crippen molar-refractivity contribution in [2.45, 2.75) is 18.1 Å².